The number of hydrogen-bond donors (Lipinski definition) is 1. The summed E-state index contributed by atoms with van der Waals surface area (Å²) in [6.07, 6.45) is 0. The monoisotopic (exact) mass is 407 g/mol. The lowest BCUT2D eigenvalue weighted by atomic mass is 10.1. The van der Waals surface area contributed by atoms with Gasteiger partial charge in [0, 0.05) is 47.0 Å². The molecule has 0 spiro atoms. The first kappa shape index (κ1) is 17.1. The first-order chi connectivity index (χ1) is 11.5. The number of amides is 2. The van der Waals surface area contributed by atoms with Crippen LogP contribution in [0.1, 0.15) is 5.56 Å². The summed E-state index contributed by atoms with van der Waals surface area (Å²) in [5.74, 6) is 0. The van der Waals surface area contributed by atoms with E-state index in [-0.39, 0.29) is 6.03 Å². The summed E-state index contributed by atoms with van der Waals surface area (Å²) in [5, 5.41) is 3.68. The van der Waals surface area contributed by atoms with E-state index in [1.165, 1.54) is 5.56 Å². The van der Waals surface area contributed by atoms with Gasteiger partial charge in [-0.15, -0.1) is 0 Å². The summed E-state index contributed by atoms with van der Waals surface area (Å²) in [6.45, 7) is 5.06. The molecule has 2 aromatic rings. The summed E-state index contributed by atoms with van der Waals surface area (Å²) < 4.78 is 0.992. The molecule has 1 aliphatic rings. The minimum Gasteiger partial charge on any atom is -0.368 e. The highest BCUT2D eigenvalue weighted by molar-refractivity contribution is 9.10. The van der Waals surface area contributed by atoms with Gasteiger partial charge in [-0.25, -0.2) is 4.79 Å². The molecule has 6 heteroatoms. The second-order valence-corrected chi connectivity index (χ2v) is 7.19. The Morgan fingerprint density at radius 1 is 1.08 bits per heavy atom. The van der Waals surface area contributed by atoms with Crippen molar-refractivity contribution in [3.05, 3.63) is 57.5 Å². The first-order valence-corrected chi connectivity index (χ1v) is 9.02. The highest BCUT2D eigenvalue weighted by atomic mass is 79.9. The Balaban J connectivity index is 1.59. The van der Waals surface area contributed by atoms with Crippen molar-refractivity contribution in [1.29, 1.82) is 0 Å². The molecule has 0 bridgehead atoms. The van der Waals surface area contributed by atoms with Gasteiger partial charge in [0.25, 0.3) is 0 Å². The quantitative estimate of drug-likeness (QED) is 0.777. The number of carbonyl (C=O) groups is 1. The molecule has 0 radical (unpaired) electrons. The molecule has 1 fully saturated rings. The van der Waals surface area contributed by atoms with Crippen molar-refractivity contribution < 1.29 is 4.79 Å². The van der Waals surface area contributed by atoms with E-state index in [9.17, 15) is 4.79 Å². The maximum absolute atomic E-state index is 12.4. The normalized spacial score (nSPS) is 14.6. The van der Waals surface area contributed by atoms with Crippen LogP contribution < -0.4 is 10.2 Å². The van der Waals surface area contributed by atoms with Gasteiger partial charge in [0.2, 0.25) is 0 Å². The maximum atomic E-state index is 12.4. The minimum absolute atomic E-state index is 0.0558. The third-order valence-corrected chi connectivity index (χ3v) is 4.94. The van der Waals surface area contributed by atoms with E-state index in [0.717, 1.165) is 34.0 Å². The Morgan fingerprint density at radius 3 is 2.42 bits per heavy atom. The van der Waals surface area contributed by atoms with Gasteiger partial charge in [-0.3, -0.25) is 0 Å². The molecule has 0 atom stereocenters. The van der Waals surface area contributed by atoms with Crippen molar-refractivity contribution >= 4 is 44.9 Å². The Morgan fingerprint density at radius 2 is 1.75 bits per heavy atom. The molecular formula is C18H19BrClN3O. The minimum atomic E-state index is -0.0558. The molecular weight excluding hydrogens is 390 g/mol. The van der Waals surface area contributed by atoms with E-state index < -0.39 is 0 Å². The van der Waals surface area contributed by atoms with Crippen LogP contribution in [0.5, 0.6) is 0 Å². The van der Waals surface area contributed by atoms with E-state index in [1.807, 2.05) is 47.4 Å². The van der Waals surface area contributed by atoms with E-state index in [2.05, 4.69) is 33.1 Å². The molecule has 2 amide bonds. The number of benzene rings is 2. The molecule has 1 N–H and O–H groups in total. The molecule has 0 aromatic heterocycles. The molecule has 24 heavy (non-hydrogen) atoms. The van der Waals surface area contributed by atoms with Gasteiger partial charge in [0.1, 0.15) is 0 Å². The predicted octanol–water partition coefficient (Wildman–Crippen LogP) is 4.77. The van der Waals surface area contributed by atoms with Crippen molar-refractivity contribution in [3.8, 4) is 0 Å². The third-order valence-electron chi connectivity index (χ3n) is 4.17. The number of carbonyl (C=O) groups excluding carboxylic acids is 1. The first-order valence-electron chi connectivity index (χ1n) is 7.85. The fourth-order valence-corrected chi connectivity index (χ4v) is 3.24. The van der Waals surface area contributed by atoms with E-state index >= 15 is 0 Å². The molecule has 0 saturated carbocycles. The molecule has 2 aromatic carbocycles. The number of aryl methyl sites for hydroxylation is 1. The summed E-state index contributed by atoms with van der Waals surface area (Å²) >= 11 is 9.50. The van der Waals surface area contributed by atoms with Crippen molar-refractivity contribution in [2.45, 2.75) is 6.92 Å². The number of hydrogen-bond acceptors (Lipinski definition) is 2. The van der Waals surface area contributed by atoms with E-state index in [0.29, 0.717) is 13.1 Å². The van der Waals surface area contributed by atoms with Crippen LogP contribution in [0.25, 0.3) is 0 Å². The van der Waals surface area contributed by atoms with Crippen LogP contribution in [-0.4, -0.2) is 37.1 Å². The van der Waals surface area contributed by atoms with Crippen molar-refractivity contribution in [1.82, 2.24) is 4.90 Å². The van der Waals surface area contributed by atoms with Gasteiger partial charge in [0.15, 0.2) is 0 Å². The molecule has 0 aliphatic carbocycles. The number of urea groups is 1. The zero-order valence-electron chi connectivity index (χ0n) is 13.4. The van der Waals surface area contributed by atoms with Crippen LogP contribution in [0.4, 0.5) is 16.2 Å². The third kappa shape index (κ3) is 4.02. The Hall–Kier alpha value is -1.72. The van der Waals surface area contributed by atoms with Gasteiger partial charge in [-0.2, -0.15) is 0 Å². The number of nitrogens with zero attached hydrogens (tertiary/aromatic N) is 2. The van der Waals surface area contributed by atoms with Crippen LogP contribution in [0.2, 0.25) is 5.02 Å². The lowest BCUT2D eigenvalue weighted by Crippen LogP contribution is -2.50. The summed E-state index contributed by atoms with van der Waals surface area (Å²) in [5.41, 5.74) is 3.15. The largest absolute Gasteiger partial charge is 0.368 e. The SMILES string of the molecule is Cc1ccc(Cl)cc1N1CCN(C(=O)Nc2ccc(Br)cc2)CC1. The van der Waals surface area contributed by atoms with Gasteiger partial charge >= 0.3 is 6.03 Å². The second-order valence-electron chi connectivity index (χ2n) is 5.84. The molecule has 126 valence electrons. The van der Waals surface area contributed by atoms with Crippen LogP contribution >= 0.6 is 27.5 Å². The summed E-state index contributed by atoms with van der Waals surface area (Å²) in [4.78, 5) is 16.5. The Bertz CT molecular complexity index is 728. The second kappa shape index (κ2) is 7.45. The zero-order chi connectivity index (χ0) is 17.1. The topological polar surface area (TPSA) is 35.6 Å². The zero-order valence-corrected chi connectivity index (χ0v) is 15.8. The van der Waals surface area contributed by atoms with Crippen molar-refractivity contribution in [2.75, 3.05) is 36.4 Å². The van der Waals surface area contributed by atoms with Gasteiger partial charge < -0.3 is 15.1 Å². The standard InChI is InChI=1S/C18H19BrClN3O/c1-13-2-5-15(20)12-17(13)22-8-10-23(11-9-22)18(24)21-16-6-3-14(19)4-7-16/h2-7,12H,8-11H2,1H3,(H,21,24). The Labute approximate surface area is 155 Å². The van der Waals surface area contributed by atoms with Crippen LogP contribution in [0.15, 0.2) is 46.9 Å². The van der Waals surface area contributed by atoms with Crippen LogP contribution in [-0.2, 0) is 0 Å². The van der Waals surface area contributed by atoms with E-state index in [4.69, 9.17) is 11.6 Å². The highest BCUT2D eigenvalue weighted by Crippen LogP contribution is 2.25. The van der Waals surface area contributed by atoms with Gasteiger partial charge in [-0.05, 0) is 48.9 Å². The summed E-state index contributed by atoms with van der Waals surface area (Å²) in [6, 6.07) is 13.5. The smallest absolute Gasteiger partial charge is 0.321 e. The van der Waals surface area contributed by atoms with Crippen LogP contribution in [0.3, 0.4) is 0 Å². The predicted molar refractivity (Wildman–Crippen MR) is 103 cm³/mol. The van der Waals surface area contributed by atoms with Gasteiger partial charge in [0.05, 0.1) is 0 Å². The molecule has 3 rings (SSSR count). The highest BCUT2D eigenvalue weighted by Gasteiger charge is 2.22. The Kier molecular flexibility index (Phi) is 5.31. The average Bonchev–Trinajstić information content (AvgIpc) is 2.59. The lowest BCUT2D eigenvalue weighted by Gasteiger charge is -2.36. The lowest BCUT2D eigenvalue weighted by molar-refractivity contribution is 0.208. The van der Waals surface area contributed by atoms with Crippen molar-refractivity contribution in [2.24, 2.45) is 0 Å². The molecule has 4 nitrogen and oxygen atoms in total. The average molecular weight is 409 g/mol. The molecule has 1 aliphatic heterocycles. The number of piperazine rings is 1. The number of nitrogens with one attached hydrogen (secondary N) is 1. The van der Waals surface area contributed by atoms with Crippen LogP contribution in [0, 0.1) is 6.92 Å². The fraction of sp³-hybridized carbons (Fsp3) is 0.278. The van der Waals surface area contributed by atoms with E-state index in [1.54, 1.807) is 0 Å². The van der Waals surface area contributed by atoms with Gasteiger partial charge in [-0.1, -0.05) is 33.6 Å². The van der Waals surface area contributed by atoms with Crippen molar-refractivity contribution in [3.63, 3.8) is 0 Å². The summed E-state index contributed by atoms with van der Waals surface area (Å²) in [7, 11) is 0. The molecule has 1 saturated heterocycles. The number of rotatable bonds is 2. The maximum Gasteiger partial charge on any atom is 0.321 e. The number of halogens is 2. The molecule has 0 unspecified atom stereocenters. The molecule has 1 heterocycles. The number of anilines is 2. The fourth-order valence-electron chi connectivity index (χ4n) is 2.81.